The smallest absolute Gasteiger partial charge is 0.270 e. The molecule has 6 nitrogen and oxygen atoms in total. The Kier molecular flexibility index (Phi) is 7.20. The minimum atomic E-state index is -0.112. The van der Waals surface area contributed by atoms with Crippen LogP contribution in [0.2, 0.25) is 0 Å². The maximum absolute atomic E-state index is 12.3. The topological polar surface area (TPSA) is 63.7 Å². The number of carbonyl (C=O) groups is 1. The third-order valence-electron chi connectivity index (χ3n) is 4.25. The van der Waals surface area contributed by atoms with E-state index in [1.807, 2.05) is 43.5 Å². The summed E-state index contributed by atoms with van der Waals surface area (Å²) in [6.45, 7) is 9.20. The van der Waals surface area contributed by atoms with Crippen LogP contribution in [0.5, 0.6) is 5.75 Å². The second kappa shape index (κ2) is 9.82. The molecular formula is C20H27N3O3S. The van der Waals surface area contributed by atoms with Crippen molar-refractivity contribution < 1.29 is 14.3 Å². The van der Waals surface area contributed by atoms with Crippen LogP contribution in [-0.4, -0.2) is 61.3 Å². The van der Waals surface area contributed by atoms with Gasteiger partial charge in [0.1, 0.15) is 16.5 Å². The SMILES string of the molecule is CC(C)Oc1ccc(-c2nc(C(=O)NCCCN3CCOCC3)cs2)cc1. The van der Waals surface area contributed by atoms with Gasteiger partial charge in [0, 0.05) is 30.6 Å². The highest BCUT2D eigenvalue weighted by molar-refractivity contribution is 7.13. The van der Waals surface area contributed by atoms with Crippen molar-refractivity contribution in [2.45, 2.75) is 26.4 Å². The van der Waals surface area contributed by atoms with Crippen LogP contribution in [0.15, 0.2) is 29.6 Å². The number of morpholine rings is 1. The standard InChI is InChI=1S/C20H27N3O3S/c1-15(2)26-17-6-4-16(5-7-17)20-22-18(14-27-20)19(24)21-8-3-9-23-10-12-25-13-11-23/h4-7,14-15H,3,8-13H2,1-2H3,(H,21,24). The van der Waals surface area contributed by atoms with Crippen molar-refractivity contribution in [3.63, 3.8) is 0 Å². The molecule has 0 unspecified atom stereocenters. The zero-order valence-corrected chi connectivity index (χ0v) is 16.8. The Morgan fingerprint density at radius 2 is 2.04 bits per heavy atom. The van der Waals surface area contributed by atoms with Crippen molar-refractivity contribution >= 4 is 17.2 Å². The predicted molar refractivity (Wildman–Crippen MR) is 108 cm³/mol. The third-order valence-corrected chi connectivity index (χ3v) is 5.14. The van der Waals surface area contributed by atoms with E-state index < -0.39 is 0 Å². The van der Waals surface area contributed by atoms with Crippen LogP contribution in [0.25, 0.3) is 10.6 Å². The number of aromatic nitrogens is 1. The van der Waals surface area contributed by atoms with E-state index >= 15 is 0 Å². The summed E-state index contributed by atoms with van der Waals surface area (Å²) in [6, 6.07) is 7.81. The van der Waals surface area contributed by atoms with Gasteiger partial charge in [-0.25, -0.2) is 4.98 Å². The lowest BCUT2D eigenvalue weighted by molar-refractivity contribution is 0.0374. The number of ether oxygens (including phenoxy) is 2. The van der Waals surface area contributed by atoms with E-state index in [4.69, 9.17) is 9.47 Å². The summed E-state index contributed by atoms with van der Waals surface area (Å²) in [5.74, 6) is 0.725. The Morgan fingerprint density at radius 1 is 1.30 bits per heavy atom. The molecule has 1 saturated heterocycles. The van der Waals surface area contributed by atoms with Crippen molar-refractivity contribution in [1.82, 2.24) is 15.2 Å². The Morgan fingerprint density at radius 3 is 2.74 bits per heavy atom. The summed E-state index contributed by atoms with van der Waals surface area (Å²) < 4.78 is 11.0. The maximum atomic E-state index is 12.3. The van der Waals surface area contributed by atoms with Crippen LogP contribution in [0.1, 0.15) is 30.8 Å². The number of amides is 1. The molecule has 2 heterocycles. The molecule has 1 aromatic heterocycles. The maximum Gasteiger partial charge on any atom is 0.270 e. The average Bonchev–Trinajstić information content (AvgIpc) is 3.16. The molecule has 1 amide bonds. The van der Waals surface area contributed by atoms with Gasteiger partial charge < -0.3 is 14.8 Å². The van der Waals surface area contributed by atoms with Gasteiger partial charge in [0.2, 0.25) is 0 Å². The third kappa shape index (κ3) is 6.02. The first-order chi connectivity index (χ1) is 13.1. The van der Waals surface area contributed by atoms with E-state index in [1.54, 1.807) is 0 Å². The number of nitrogens with zero attached hydrogens (tertiary/aromatic N) is 2. The predicted octanol–water partition coefficient (Wildman–Crippen LogP) is 3.05. The lowest BCUT2D eigenvalue weighted by Gasteiger charge is -2.26. The van der Waals surface area contributed by atoms with Gasteiger partial charge in [-0.05, 0) is 51.1 Å². The Hall–Kier alpha value is -1.96. The molecule has 1 N–H and O–H groups in total. The van der Waals surface area contributed by atoms with Crippen LogP contribution in [-0.2, 0) is 4.74 Å². The molecule has 7 heteroatoms. The summed E-state index contributed by atoms with van der Waals surface area (Å²) in [7, 11) is 0. The number of nitrogens with one attached hydrogen (secondary N) is 1. The fourth-order valence-electron chi connectivity index (χ4n) is 2.88. The number of hydrogen-bond donors (Lipinski definition) is 1. The first-order valence-electron chi connectivity index (χ1n) is 9.43. The number of benzene rings is 1. The van der Waals surface area contributed by atoms with Crippen molar-refractivity contribution in [2.24, 2.45) is 0 Å². The zero-order chi connectivity index (χ0) is 19.1. The van der Waals surface area contributed by atoms with Crippen LogP contribution < -0.4 is 10.1 Å². The van der Waals surface area contributed by atoms with Gasteiger partial charge in [0.25, 0.3) is 5.91 Å². The molecule has 1 aromatic carbocycles. The minimum Gasteiger partial charge on any atom is -0.491 e. The molecular weight excluding hydrogens is 362 g/mol. The molecule has 0 radical (unpaired) electrons. The molecule has 0 aliphatic carbocycles. The van der Waals surface area contributed by atoms with Gasteiger partial charge in [-0.2, -0.15) is 0 Å². The normalized spacial score (nSPS) is 15.1. The largest absolute Gasteiger partial charge is 0.491 e. The van der Waals surface area contributed by atoms with Crippen LogP contribution in [0, 0.1) is 0 Å². The first-order valence-corrected chi connectivity index (χ1v) is 10.3. The van der Waals surface area contributed by atoms with Gasteiger partial charge in [-0.1, -0.05) is 0 Å². The molecule has 1 aliphatic heterocycles. The fourth-order valence-corrected chi connectivity index (χ4v) is 3.68. The molecule has 1 fully saturated rings. The first kappa shape index (κ1) is 19.8. The fraction of sp³-hybridized carbons (Fsp3) is 0.500. The van der Waals surface area contributed by atoms with E-state index in [0.29, 0.717) is 12.2 Å². The molecule has 2 aromatic rings. The van der Waals surface area contributed by atoms with Crippen molar-refractivity contribution in [2.75, 3.05) is 39.4 Å². The number of carbonyl (C=O) groups excluding carboxylic acids is 1. The Bertz CT molecular complexity index is 724. The quantitative estimate of drug-likeness (QED) is 0.703. The molecule has 0 saturated carbocycles. The Balaban J connectivity index is 1.47. The lowest BCUT2D eigenvalue weighted by Crippen LogP contribution is -2.38. The highest BCUT2D eigenvalue weighted by Crippen LogP contribution is 2.26. The highest BCUT2D eigenvalue weighted by Gasteiger charge is 2.13. The molecule has 0 atom stereocenters. The van der Waals surface area contributed by atoms with Crippen molar-refractivity contribution in [1.29, 1.82) is 0 Å². The minimum absolute atomic E-state index is 0.112. The second-order valence-electron chi connectivity index (χ2n) is 6.79. The molecule has 146 valence electrons. The summed E-state index contributed by atoms with van der Waals surface area (Å²) in [5, 5.41) is 5.61. The molecule has 3 rings (SSSR count). The summed E-state index contributed by atoms with van der Waals surface area (Å²) in [6.07, 6.45) is 1.08. The zero-order valence-electron chi connectivity index (χ0n) is 15.9. The highest BCUT2D eigenvalue weighted by atomic mass is 32.1. The molecule has 0 spiro atoms. The van der Waals surface area contributed by atoms with Crippen LogP contribution >= 0.6 is 11.3 Å². The monoisotopic (exact) mass is 389 g/mol. The average molecular weight is 390 g/mol. The number of hydrogen-bond acceptors (Lipinski definition) is 6. The second-order valence-corrected chi connectivity index (χ2v) is 7.65. The number of rotatable bonds is 8. The van der Waals surface area contributed by atoms with E-state index in [0.717, 1.165) is 55.6 Å². The lowest BCUT2D eigenvalue weighted by atomic mass is 10.2. The van der Waals surface area contributed by atoms with Crippen molar-refractivity contribution in [3.8, 4) is 16.3 Å². The molecule has 0 bridgehead atoms. The van der Waals surface area contributed by atoms with E-state index in [-0.39, 0.29) is 12.0 Å². The van der Waals surface area contributed by atoms with E-state index in [2.05, 4.69) is 15.2 Å². The van der Waals surface area contributed by atoms with Crippen LogP contribution in [0.3, 0.4) is 0 Å². The van der Waals surface area contributed by atoms with Gasteiger partial charge in [0.15, 0.2) is 0 Å². The van der Waals surface area contributed by atoms with Gasteiger partial charge in [0.05, 0.1) is 19.3 Å². The summed E-state index contributed by atoms with van der Waals surface area (Å²) in [5.41, 5.74) is 1.46. The van der Waals surface area contributed by atoms with Gasteiger partial charge in [-0.3, -0.25) is 9.69 Å². The Labute approximate surface area is 164 Å². The molecule has 27 heavy (non-hydrogen) atoms. The van der Waals surface area contributed by atoms with E-state index in [9.17, 15) is 4.79 Å². The van der Waals surface area contributed by atoms with Gasteiger partial charge in [-0.15, -0.1) is 11.3 Å². The number of thiazole rings is 1. The summed E-state index contributed by atoms with van der Waals surface area (Å²) >= 11 is 1.48. The van der Waals surface area contributed by atoms with Gasteiger partial charge >= 0.3 is 0 Å². The van der Waals surface area contributed by atoms with E-state index in [1.165, 1.54) is 11.3 Å². The summed E-state index contributed by atoms with van der Waals surface area (Å²) in [4.78, 5) is 19.1. The molecule has 1 aliphatic rings. The van der Waals surface area contributed by atoms with Crippen molar-refractivity contribution in [3.05, 3.63) is 35.3 Å². The van der Waals surface area contributed by atoms with Crippen LogP contribution in [0.4, 0.5) is 0 Å².